The van der Waals surface area contributed by atoms with Crippen molar-refractivity contribution < 1.29 is 0 Å². The summed E-state index contributed by atoms with van der Waals surface area (Å²) >= 11 is 0. The molecule has 0 spiro atoms. The zero-order valence-electron chi connectivity index (χ0n) is 14.7. The highest BCUT2D eigenvalue weighted by atomic mass is 14.9. The molecule has 0 aliphatic heterocycles. The molecule has 22 heavy (non-hydrogen) atoms. The fourth-order valence-electron chi connectivity index (χ4n) is 2.14. The first-order valence-electron chi connectivity index (χ1n) is 8.14. The topological polar surface area (TPSA) is 24.1 Å². The Morgan fingerprint density at radius 3 is 2.32 bits per heavy atom. The SMILES string of the molecule is C=C(NC(=C/CC)/C(C)=C(\C)NCCC)c1ccc(C)cc1. The van der Waals surface area contributed by atoms with Crippen molar-refractivity contribution in [2.75, 3.05) is 6.54 Å². The van der Waals surface area contributed by atoms with E-state index in [2.05, 4.69) is 82.2 Å². The second-order valence-corrected chi connectivity index (χ2v) is 5.67. The summed E-state index contributed by atoms with van der Waals surface area (Å²) in [5.74, 6) is 0. The first-order chi connectivity index (χ1) is 10.5. The fourth-order valence-corrected chi connectivity index (χ4v) is 2.14. The van der Waals surface area contributed by atoms with Gasteiger partial charge in [-0.05, 0) is 44.7 Å². The van der Waals surface area contributed by atoms with Crippen LogP contribution < -0.4 is 10.6 Å². The lowest BCUT2D eigenvalue weighted by molar-refractivity contribution is 0.759. The van der Waals surface area contributed by atoms with E-state index >= 15 is 0 Å². The molecular weight excluding hydrogens is 268 g/mol. The molecule has 0 fully saturated rings. The van der Waals surface area contributed by atoms with Crippen molar-refractivity contribution in [2.45, 2.75) is 47.5 Å². The molecule has 0 amide bonds. The maximum absolute atomic E-state index is 4.19. The van der Waals surface area contributed by atoms with Crippen LogP contribution in [0.25, 0.3) is 5.70 Å². The molecule has 0 unspecified atom stereocenters. The second-order valence-electron chi connectivity index (χ2n) is 5.67. The summed E-state index contributed by atoms with van der Waals surface area (Å²) in [6.07, 6.45) is 4.33. The fraction of sp³-hybridized carbons (Fsp3) is 0.400. The van der Waals surface area contributed by atoms with E-state index in [9.17, 15) is 0 Å². The molecule has 120 valence electrons. The van der Waals surface area contributed by atoms with Gasteiger partial charge < -0.3 is 10.6 Å². The molecule has 1 rings (SSSR count). The molecule has 0 radical (unpaired) electrons. The Morgan fingerprint density at radius 2 is 1.77 bits per heavy atom. The van der Waals surface area contributed by atoms with E-state index in [1.54, 1.807) is 0 Å². The van der Waals surface area contributed by atoms with Gasteiger partial charge in [-0.15, -0.1) is 0 Å². The van der Waals surface area contributed by atoms with Gasteiger partial charge in [0, 0.05) is 23.6 Å². The highest BCUT2D eigenvalue weighted by molar-refractivity contribution is 5.64. The van der Waals surface area contributed by atoms with E-state index in [1.165, 1.54) is 16.8 Å². The minimum absolute atomic E-state index is 0.933. The lowest BCUT2D eigenvalue weighted by Gasteiger charge is -2.17. The van der Waals surface area contributed by atoms with Crippen LogP contribution in [0.2, 0.25) is 0 Å². The largest absolute Gasteiger partial charge is 0.388 e. The molecule has 0 atom stereocenters. The van der Waals surface area contributed by atoms with Crippen molar-refractivity contribution in [2.24, 2.45) is 0 Å². The van der Waals surface area contributed by atoms with E-state index in [1.807, 2.05) is 0 Å². The predicted molar refractivity (Wildman–Crippen MR) is 98.4 cm³/mol. The Hall–Kier alpha value is -1.96. The summed E-state index contributed by atoms with van der Waals surface area (Å²) < 4.78 is 0. The van der Waals surface area contributed by atoms with Gasteiger partial charge in [-0.25, -0.2) is 0 Å². The quantitative estimate of drug-likeness (QED) is 0.649. The molecule has 0 heterocycles. The number of allylic oxidation sites excluding steroid dienone is 3. The molecule has 0 aliphatic rings. The molecule has 2 N–H and O–H groups in total. The first kappa shape index (κ1) is 18.1. The van der Waals surface area contributed by atoms with E-state index in [4.69, 9.17) is 0 Å². The number of benzene rings is 1. The third-order valence-electron chi connectivity index (χ3n) is 3.70. The van der Waals surface area contributed by atoms with Crippen molar-refractivity contribution in [1.82, 2.24) is 10.6 Å². The summed E-state index contributed by atoms with van der Waals surface area (Å²) in [4.78, 5) is 0. The second kappa shape index (κ2) is 9.14. The highest BCUT2D eigenvalue weighted by Gasteiger charge is 2.06. The van der Waals surface area contributed by atoms with Crippen LogP contribution in [0, 0.1) is 6.92 Å². The van der Waals surface area contributed by atoms with Crippen LogP contribution in [0.15, 0.2) is 53.9 Å². The van der Waals surface area contributed by atoms with Gasteiger partial charge in [-0.1, -0.05) is 56.3 Å². The summed E-state index contributed by atoms with van der Waals surface area (Å²) in [7, 11) is 0. The molecular formula is C20H30N2. The molecule has 2 heteroatoms. The predicted octanol–water partition coefficient (Wildman–Crippen LogP) is 5.14. The van der Waals surface area contributed by atoms with Crippen LogP contribution in [0.1, 0.15) is 51.7 Å². The van der Waals surface area contributed by atoms with Crippen LogP contribution in [0.3, 0.4) is 0 Å². The van der Waals surface area contributed by atoms with E-state index in [0.717, 1.165) is 36.3 Å². The maximum Gasteiger partial charge on any atom is 0.0390 e. The summed E-state index contributed by atoms with van der Waals surface area (Å²) in [6, 6.07) is 8.44. The normalized spacial score (nSPS) is 12.7. The number of hydrogen-bond donors (Lipinski definition) is 2. The maximum atomic E-state index is 4.19. The van der Waals surface area contributed by atoms with Crippen LogP contribution in [-0.4, -0.2) is 6.54 Å². The van der Waals surface area contributed by atoms with E-state index < -0.39 is 0 Å². The van der Waals surface area contributed by atoms with Crippen LogP contribution in [-0.2, 0) is 0 Å². The monoisotopic (exact) mass is 298 g/mol. The Kier molecular flexibility index (Phi) is 7.51. The number of rotatable bonds is 8. The first-order valence-corrected chi connectivity index (χ1v) is 8.14. The Balaban J connectivity index is 2.90. The Morgan fingerprint density at radius 1 is 1.14 bits per heavy atom. The molecule has 0 saturated heterocycles. The number of hydrogen-bond acceptors (Lipinski definition) is 2. The van der Waals surface area contributed by atoms with E-state index in [0.29, 0.717) is 0 Å². The van der Waals surface area contributed by atoms with Gasteiger partial charge in [-0.3, -0.25) is 0 Å². The van der Waals surface area contributed by atoms with Gasteiger partial charge in [-0.2, -0.15) is 0 Å². The van der Waals surface area contributed by atoms with Crippen LogP contribution >= 0.6 is 0 Å². The van der Waals surface area contributed by atoms with Gasteiger partial charge in [0.15, 0.2) is 0 Å². The lowest BCUT2D eigenvalue weighted by Crippen LogP contribution is -2.18. The van der Waals surface area contributed by atoms with Crippen molar-refractivity contribution >= 4 is 5.70 Å². The molecule has 0 aliphatic carbocycles. The van der Waals surface area contributed by atoms with Crippen molar-refractivity contribution in [1.29, 1.82) is 0 Å². The van der Waals surface area contributed by atoms with Crippen LogP contribution in [0.4, 0.5) is 0 Å². The smallest absolute Gasteiger partial charge is 0.0390 e. The number of nitrogens with one attached hydrogen (secondary N) is 2. The number of aryl methyl sites for hydroxylation is 1. The van der Waals surface area contributed by atoms with Gasteiger partial charge in [0.25, 0.3) is 0 Å². The third kappa shape index (κ3) is 5.44. The molecule has 1 aromatic carbocycles. The summed E-state index contributed by atoms with van der Waals surface area (Å²) in [5, 5.41) is 6.94. The Bertz CT molecular complexity index is 548. The minimum atomic E-state index is 0.933. The molecule has 0 saturated carbocycles. The summed E-state index contributed by atoms with van der Waals surface area (Å²) in [5.41, 5.74) is 6.90. The van der Waals surface area contributed by atoms with Crippen molar-refractivity contribution in [3.63, 3.8) is 0 Å². The minimum Gasteiger partial charge on any atom is -0.388 e. The van der Waals surface area contributed by atoms with Gasteiger partial charge >= 0.3 is 0 Å². The molecule has 0 bridgehead atoms. The lowest BCUT2D eigenvalue weighted by atomic mass is 10.1. The molecule has 1 aromatic rings. The standard InChI is InChI=1S/C20H30N2/c1-7-9-20(16(4)17(5)21-14-8-2)22-18(6)19-12-10-15(3)11-13-19/h9-13,21-22H,6-8,14H2,1-5H3/b17-16+,20-9+. The third-order valence-corrected chi connectivity index (χ3v) is 3.70. The molecule has 2 nitrogen and oxygen atoms in total. The van der Waals surface area contributed by atoms with Gasteiger partial charge in [0.05, 0.1) is 0 Å². The van der Waals surface area contributed by atoms with Gasteiger partial charge in [0.1, 0.15) is 0 Å². The molecule has 0 aromatic heterocycles. The zero-order valence-corrected chi connectivity index (χ0v) is 14.7. The zero-order chi connectivity index (χ0) is 16.5. The highest BCUT2D eigenvalue weighted by Crippen LogP contribution is 2.17. The van der Waals surface area contributed by atoms with E-state index in [-0.39, 0.29) is 0 Å². The Labute approximate surface area is 136 Å². The van der Waals surface area contributed by atoms with Crippen molar-refractivity contribution in [3.05, 3.63) is 65.0 Å². The van der Waals surface area contributed by atoms with Crippen LogP contribution in [0.5, 0.6) is 0 Å². The average Bonchev–Trinajstić information content (AvgIpc) is 2.52. The average molecular weight is 298 g/mol. The van der Waals surface area contributed by atoms with Gasteiger partial charge in [0.2, 0.25) is 0 Å². The van der Waals surface area contributed by atoms with Crippen molar-refractivity contribution in [3.8, 4) is 0 Å². The summed E-state index contributed by atoms with van der Waals surface area (Å²) in [6.45, 7) is 15.9.